The molecule has 2 heterocycles. The molecule has 130 valence electrons. The second-order valence-electron chi connectivity index (χ2n) is 6.32. The minimum absolute atomic E-state index is 0.0126. The van der Waals surface area contributed by atoms with Crippen LogP contribution in [0.4, 0.5) is 0 Å². The van der Waals surface area contributed by atoms with Gasteiger partial charge in [-0.05, 0) is 19.1 Å². The van der Waals surface area contributed by atoms with Crippen molar-refractivity contribution in [2.45, 2.75) is 13.0 Å². The molecule has 0 radical (unpaired) electrons. The summed E-state index contributed by atoms with van der Waals surface area (Å²) in [6.45, 7) is 6.74. The molecule has 0 spiro atoms. The fourth-order valence-electron chi connectivity index (χ4n) is 3.09. The van der Waals surface area contributed by atoms with Crippen molar-refractivity contribution >= 4 is 16.9 Å². The number of nitrogens with zero attached hydrogens (tertiary/aromatic N) is 2. The molecule has 1 aliphatic rings. The zero-order valence-corrected chi connectivity index (χ0v) is 14.1. The molecule has 0 bridgehead atoms. The van der Waals surface area contributed by atoms with Gasteiger partial charge in [0.25, 0.3) is 0 Å². The van der Waals surface area contributed by atoms with E-state index in [0.717, 1.165) is 42.9 Å². The van der Waals surface area contributed by atoms with Crippen molar-refractivity contribution in [3.05, 3.63) is 36.1 Å². The fraction of sp³-hybridized carbons (Fsp3) is 0.500. The predicted molar refractivity (Wildman–Crippen MR) is 92.7 cm³/mol. The average Bonchev–Trinajstić information content (AvgIpc) is 3.01. The van der Waals surface area contributed by atoms with E-state index >= 15 is 0 Å². The van der Waals surface area contributed by atoms with Crippen LogP contribution >= 0.6 is 0 Å². The molecule has 1 aromatic carbocycles. The van der Waals surface area contributed by atoms with Gasteiger partial charge in [0.15, 0.2) is 0 Å². The van der Waals surface area contributed by atoms with Crippen LogP contribution in [0.2, 0.25) is 0 Å². The Kier molecular flexibility index (Phi) is 5.50. The Morgan fingerprint density at radius 1 is 1.25 bits per heavy atom. The maximum absolute atomic E-state index is 12.3. The van der Waals surface area contributed by atoms with Crippen LogP contribution in [0.15, 0.2) is 34.7 Å². The molecule has 0 aliphatic carbocycles. The second-order valence-corrected chi connectivity index (χ2v) is 6.32. The first-order valence-corrected chi connectivity index (χ1v) is 8.49. The summed E-state index contributed by atoms with van der Waals surface area (Å²) in [6.07, 6.45) is 0. The van der Waals surface area contributed by atoms with Crippen molar-refractivity contribution in [1.29, 1.82) is 0 Å². The van der Waals surface area contributed by atoms with Gasteiger partial charge in [0.1, 0.15) is 11.3 Å². The number of aliphatic hydroxyl groups is 1. The minimum Gasteiger partial charge on any atom is -0.459 e. The number of para-hydroxylation sites is 1. The highest BCUT2D eigenvalue weighted by Crippen LogP contribution is 2.23. The number of rotatable bonds is 6. The highest BCUT2D eigenvalue weighted by atomic mass is 16.3. The van der Waals surface area contributed by atoms with Crippen LogP contribution < -0.4 is 5.32 Å². The summed E-state index contributed by atoms with van der Waals surface area (Å²) in [5.41, 5.74) is 0.841. The highest BCUT2D eigenvalue weighted by molar-refractivity contribution is 5.80. The first-order valence-electron chi connectivity index (χ1n) is 8.49. The standard InChI is InChI=1S/C18H25N3O3/c1-14(17-12-15-4-2-3-5-16(15)24-17)19-18(23)13-21-8-6-20(7-9-21)10-11-22/h2-5,12,14,22H,6-11,13H2,1H3,(H,19,23)/t14-/m0/s1. The molecule has 2 N–H and O–H groups in total. The number of furan rings is 1. The molecule has 24 heavy (non-hydrogen) atoms. The van der Waals surface area contributed by atoms with Crippen molar-refractivity contribution in [1.82, 2.24) is 15.1 Å². The van der Waals surface area contributed by atoms with Crippen molar-refractivity contribution < 1.29 is 14.3 Å². The molecule has 6 heteroatoms. The van der Waals surface area contributed by atoms with Gasteiger partial charge in [-0.25, -0.2) is 0 Å². The van der Waals surface area contributed by atoms with Crippen molar-refractivity contribution in [3.63, 3.8) is 0 Å². The van der Waals surface area contributed by atoms with Crippen LogP contribution in [0.1, 0.15) is 18.7 Å². The highest BCUT2D eigenvalue weighted by Gasteiger charge is 2.20. The van der Waals surface area contributed by atoms with E-state index in [0.29, 0.717) is 13.1 Å². The summed E-state index contributed by atoms with van der Waals surface area (Å²) in [5, 5.41) is 13.0. The van der Waals surface area contributed by atoms with E-state index in [2.05, 4.69) is 15.1 Å². The number of hydrogen-bond acceptors (Lipinski definition) is 5. The summed E-state index contributed by atoms with van der Waals surface area (Å²) < 4.78 is 5.80. The van der Waals surface area contributed by atoms with E-state index in [9.17, 15) is 4.79 Å². The third-order valence-corrected chi connectivity index (χ3v) is 4.50. The van der Waals surface area contributed by atoms with Gasteiger partial charge >= 0.3 is 0 Å². The monoisotopic (exact) mass is 331 g/mol. The van der Waals surface area contributed by atoms with Crippen LogP contribution in [-0.4, -0.2) is 66.7 Å². The van der Waals surface area contributed by atoms with Gasteiger partial charge in [-0.15, -0.1) is 0 Å². The minimum atomic E-state index is -0.152. The van der Waals surface area contributed by atoms with E-state index in [4.69, 9.17) is 9.52 Å². The third kappa shape index (κ3) is 4.14. The lowest BCUT2D eigenvalue weighted by molar-refractivity contribution is -0.123. The summed E-state index contributed by atoms with van der Waals surface area (Å²) >= 11 is 0. The fourth-order valence-corrected chi connectivity index (χ4v) is 3.09. The molecule has 1 amide bonds. The molecule has 0 unspecified atom stereocenters. The quantitative estimate of drug-likeness (QED) is 0.833. The first kappa shape index (κ1) is 17.0. The largest absolute Gasteiger partial charge is 0.459 e. The van der Waals surface area contributed by atoms with Gasteiger partial charge in [-0.2, -0.15) is 0 Å². The number of β-amino-alcohol motifs (C(OH)–C–C–N with tert-alkyl or cyclic N) is 1. The van der Waals surface area contributed by atoms with Crippen LogP contribution in [0, 0.1) is 0 Å². The van der Waals surface area contributed by atoms with E-state index in [-0.39, 0.29) is 18.6 Å². The number of carbonyl (C=O) groups is 1. The lowest BCUT2D eigenvalue weighted by Gasteiger charge is -2.33. The van der Waals surface area contributed by atoms with Crippen molar-refractivity contribution in [2.75, 3.05) is 45.9 Å². The van der Waals surface area contributed by atoms with E-state index in [1.807, 2.05) is 37.3 Å². The smallest absolute Gasteiger partial charge is 0.234 e. The molecule has 0 saturated carbocycles. The number of aliphatic hydroxyl groups excluding tert-OH is 1. The molecule has 1 fully saturated rings. The molecule has 2 aromatic rings. The number of amides is 1. The zero-order valence-electron chi connectivity index (χ0n) is 14.1. The third-order valence-electron chi connectivity index (χ3n) is 4.50. The Balaban J connectivity index is 1.49. The SMILES string of the molecule is C[C@H](NC(=O)CN1CCN(CCO)CC1)c1cc2ccccc2o1. The first-order chi connectivity index (χ1) is 11.7. The molecule has 6 nitrogen and oxygen atoms in total. The molecule has 3 rings (SSSR count). The van der Waals surface area contributed by atoms with Gasteiger partial charge in [0.05, 0.1) is 19.2 Å². The molecule has 1 saturated heterocycles. The van der Waals surface area contributed by atoms with Crippen LogP contribution in [0.5, 0.6) is 0 Å². The van der Waals surface area contributed by atoms with Crippen LogP contribution in [0.25, 0.3) is 11.0 Å². The predicted octanol–water partition coefficient (Wildman–Crippen LogP) is 1.22. The molecule has 1 aromatic heterocycles. The Hall–Kier alpha value is -1.89. The number of piperazine rings is 1. The summed E-state index contributed by atoms with van der Waals surface area (Å²) in [5.74, 6) is 0.788. The number of fused-ring (bicyclic) bond motifs is 1. The van der Waals surface area contributed by atoms with E-state index in [1.54, 1.807) is 0 Å². The van der Waals surface area contributed by atoms with Crippen molar-refractivity contribution in [2.24, 2.45) is 0 Å². The molecule has 1 aliphatic heterocycles. The summed E-state index contributed by atoms with van der Waals surface area (Å²) in [4.78, 5) is 16.6. The van der Waals surface area contributed by atoms with Gasteiger partial charge in [-0.3, -0.25) is 14.6 Å². The number of carbonyl (C=O) groups excluding carboxylic acids is 1. The maximum Gasteiger partial charge on any atom is 0.234 e. The van der Waals surface area contributed by atoms with Crippen molar-refractivity contribution in [3.8, 4) is 0 Å². The lowest BCUT2D eigenvalue weighted by Crippen LogP contribution is -2.50. The number of nitrogens with one attached hydrogen (secondary N) is 1. The summed E-state index contributed by atoms with van der Waals surface area (Å²) in [7, 11) is 0. The average molecular weight is 331 g/mol. The zero-order chi connectivity index (χ0) is 16.9. The van der Waals surface area contributed by atoms with E-state index < -0.39 is 0 Å². The van der Waals surface area contributed by atoms with Crippen LogP contribution in [0.3, 0.4) is 0 Å². The molecule has 1 atom stereocenters. The topological polar surface area (TPSA) is 69.0 Å². The number of benzene rings is 1. The Morgan fingerprint density at radius 3 is 2.67 bits per heavy atom. The van der Waals surface area contributed by atoms with Crippen LogP contribution in [-0.2, 0) is 4.79 Å². The Morgan fingerprint density at radius 2 is 1.96 bits per heavy atom. The van der Waals surface area contributed by atoms with Gasteiger partial charge < -0.3 is 14.8 Å². The van der Waals surface area contributed by atoms with Gasteiger partial charge in [0, 0.05) is 38.1 Å². The molecular weight excluding hydrogens is 306 g/mol. The summed E-state index contributed by atoms with van der Waals surface area (Å²) in [6, 6.07) is 9.67. The maximum atomic E-state index is 12.3. The lowest BCUT2D eigenvalue weighted by atomic mass is 10.2. The second kappa shape index (κ2) is 7.79. The van der Waals surface area contributed by atoms with E-state index in [1.165, 1.54) is 0 Å². The van der Waals surface area contributed by atoms with Gasteiger partial charge in [0.2, 0.25) is 5.91 Å². The normalized spacial score (nSPS) is 17.9. The Bertz CT molecular complexity index is 644. The molecular formula is C18H25N3O3. The van der Waals surface area contributed by atoms with Gasteiger partial charge in [-0.1, -0.05) is 18.2 Å². The Labute approximate surface area is 142 Å². The number of hydrogen-bond donors (Lipinski definition) is 2.